The highest BCUT2D eigenvalue weighted by Gasteiger charge is 2.09. The minimum atomic E-state index is -0.465. The molecule has 0 atom stereocenters. The lowest BCUT2D eigenvalue weighted by atomic mass is 10.2. The summed E-state index contributed by atoms with van der Waals surface area (Å²) in [5.41, 5.74) is 5.51. The third-order valence-electron chi connectivity index (χ3n) is 1.72. The third kappa shape index (κ3) is 1.37. The number of nitrogens with one attached hydrogen (secondary N) is 1. The molecule has 4 N–H and O–H groups in total. The topological polar surface area (TPSA) is 87.8 Å². The fourth-order valence-electron chi connectivity index (χ4n) is 1.09. The van der Waals surface area contributed by atoms with Crippen LogP contribution in [0.15, 0.2) is 18.2 Å². The molecule has 0 saturated carbocycles. The van der Waals surface area contributed by atoms with E-state index >= 15 is 0 Å². The lowest BCUT2D eigenvalue weighted by Crippen LogP contribution is -1.86. The Morgan fingerprint density at radius 3 is 2.86 bits per heavy atom. The van der Waals surface area contributed by atoms with Crippen molar-refractivity contribution >= 4 is 5.95 Å². The van der Waals surface area contributed by atoms with E-state index in [1.807, 2.05) is 0 Å². The van der Waals surface area contributed by atoms with E-state index in [1.165, 1.54) is 6.07 Å². The van der Waals surface area contributed by atoms with Crippen molar-refractivity contribution in [1.82, 2.24) is 15.2 Å². The maximum atomic E-state index is 12.8. The molecule has 0 aliphatic carbocycles. The summed E-state index contributed by atoms with van der Waals surface area (Å²) < 4.78 is 12.8. The number of rotatable bonds is 1. The first-order chi connectivity index (χ1) is 6.66. The Balaban J connectivity index is 2.55. The summed E-state index contributed by atoms with van der Waals surface area (Å²) in [6, 6.07) is 3.54. The second-order valence-corrected chi connectivity index (χ2v) is 2.70. The SMILES string of the molecule is Nc1n[nH]c(-c2cc(F)ccc2O)n1. The summed E-state index contributed by atoms with van der Waals surface area (Å²) in [6.45, 7) is 0. The van der Waals surface area contributed by atoms with E-state index in [4.69, 9.17) is 5.73 Å². The molecule has 0 aliphatic heterocycles. The molecule has 2 rings (SSSR count). The normalized spacial score (nSPS) is 10.4. The van der Waals surface area contributed by atoms with E-state index in [2.05, 4.69) is 15.2 Å². The van der Waals surface area contributed by atoms with Crippen LogP contribution in [0.25, 0.3) is 11.4 Å². The summed E-state index contributed by atoms with van der Waals surface area (Å²) in [7, 11) is 0. The monoisotopic (exact) mass is 194 g/mol. The first-order valence-corrected chi connectivity index (χ1v) is 3.83. The molecule has 0 aliphatic rings. The average Bonchev–Trinajstić information content (AvgIpc) is 2.56. The molecule has 2 aromatic rings. The van der Waals surface area contributed by atoms with Crippen LogP contribution in [0.2, 0.25) is 0 Å². The fourth-order valence-corrected chi connectivity index (χ4v) is 1.09. The maximum Gasteiger partial charge on any atom is 0.239 e. The Morgan fingerprint density at radius 1 is 1.43 bits per heavy atom. The van der Waals surface area contributed by atoms with Gasteiger partial charge < -0.3 is 10.8 Å². The van der Waals surface area contributed by atoms with Crippen LogP contribution in [0.3, 0.4) is 0 Å². The Morgan fingerprint density at radius 2 is 2.21 bits per heavy atom. The zero-order valence-corrected chi connectivity index (χ0v) is 7.03. The number of anilines is 1. The zero-order chi connectivity index (χ0) is 10.1. The van der Waals surface area contributed by atoms with Gasteiger partial charge >= 0.3 is 0 Å². The van der Waals surface area contributed by atoms with Crippen LogP contribution in [0.1, 0.15) is 0 Å². The van der Waals surface area contributed by atoms with Gasteiger partial charge in [-0.25, -0.2) is 4.39 Å². The molecular weight excluding hydrogens is 187 g/mol. The molecule has 1 heterocycles. The van der Waals surface area contributed by atoms with Crippen LogP contribution in [-0.4, -0.2) is 20.3 Å². The van der Waals surface area contributed by atoms with Crippen molar-refractivity contribution in [1.29, 1.82) is 0 Å². The van der Waals surface area contributed by atoms with Crippen LogP contribution in [-0.2, 0) is 0 Å². The van der Waals surface area contributed by atoms with E-state index in [1.54, 1.807) is 0 Å². The predicted molar refractivity (Wildman–Crippen MR) is 47.9 cm³/mol. The highest BCUT2D eigenvalue weighted by molar-refractivity contribution is 5.63. The Labute approximate surface area is 78.4 Å². The highest BCUT2D eigenvalue weighted by Crippen LogP contribution is 2.26. The van der Waals surface area contributed by atoms with Crippen molar-refractivity contribution in [3.8, 4) is 17.1 Å². The summed E-state index contributed by atoms with van der Waals surface area (Å²) in [5.74, 6) is -0.265. The van der Waals surface area contributed by atoms with E-state index in [-0.39, 0.29) is 23.1 Å². The molecule has 1 aromatic carbocycles. The van der Waals surface area contributed by atoms with Crippen LogP contribution in [0.4, 0.5) is 10.3 Å². The molecule has 0 saturated heterocycles. The molecule has 5 nitrogen and oxygen atoms in total. The van der Waals surface area contributed by atoms with Crippen molar-refractivity contribution in [3.05, 3.63) is 24.0 Å². The Bertz CT molecular complexity index is 468. The zero-order valence-electron chi connectivity index (χ0n) is 7.03. The van der Waals surface area contributed by atoms with Crippen LogP contribution in [0.5, 0.6) is 5.75 Å². The summed E-state index contributed by atoms with van der Waals surface area (Å²) >= 11 is 0. The molecule has 0 spiro atoms. The van der Waals surface area contributed by atoms with Gasteiger partial charge in [-0.1, -0.05) is 0 Å². The van der Waals surface area contributed by atoms with Gasteiger partial charge in [-0.15, -0.1) is 5.10 Å². The minimum Gasteiger partial charge on any atom is -0.507 e. The lowest BCUT2D eigenvalue weighted by Gasteiger charge is -1.99. The second-order valence-electron chi connectivity index (χ2n) is 2.70. The molecule has 0 unspecified atom stereocenters. The van der Waals surface area contributed by atoms with Gasteiger partial charge in [-0.3, -0.25) is 5.10 Å². The minimum absolute atomic E-state index is 0.0451. The van der Waals surface area contributed by atoms with E-state index in [0.29, 0.717) is 0 Å². The number of nitrogens with two attached hydrogens (primary N) is 1. The first-order valence-electron chi connectivity index (χ1n) is 3.83. The summed E-state index contributed by atoms with van der Waals surface area (Å²) in [4.78, 5) is 3.77. The van der Waals surface area contributed by atoms with Gasteiger partial charge in [0, 0.05) is 0 Å². The van der Waals surface area contributed by atoms with Crippen molar-refractivity contribution in [2.24, 2.45) is 0 Å². The lowest BCUT2D eigenvalue weighted by molar-refractivity contribution is 0.475. The number of aromatic nitrogens is 3. The number of phenols is 1. The number of H-pyrrole nitrogens is 1. The standard InChI is InChI=1S/C8H7FN4O/c9-4-1-2-6(14)5(3-4)7-11-8(10)13-12-7/h1-3,14H,(H3,10,11,12,13). The number of aromatic amines is 1. The molecule has 14 heavy (non-hydrogen) atoms. The smallest absolute Gasteiger partial charge is 0.239 e. The number of aromatic hydroxyl groups is 1. The molecule has 0 amide bonds. The van der Waals surface area contributed by atoms with Crippen LogP contribution < -0.4 is 5.73 Å². The number of benzene rings is 1. The van der Waals surface area contributed by atoms with Gasteiger partial charge in [-0.05, 0) is 18.2 Å². The number of hydrogen-bond acceptors (Lipinski definition) is 4. The van der Waals surface area contributed by atoms with Crippen molar-refractivity contribution < 1.29 is 9.50 Å². The molecule has 0 fully saturated rings. The molecule has 6 heteroatoms. The molecule has 0 bridgehead atoms. The number of hydrogen-bond donors (Lipinski definition) is 3. The predicted octanol–water partition coefficient (Wildman–Crippen LogP) is 0.899. The largest absolute Gasteiger partial charge is 0.507 e. The number of nitrogen functional groups attached to an aromatic ring is 1. The van der Waals surface area contributed by atoms with Gasteiger partial charge in [0.15, 0.2) is 5.82 Å². The van der Waals surface area contributed by atoms with Crippen molar-refractivity contribution in [2.45, 2.75) is 0 Å². The quantitative estimate of drug-likeness (QED) is 0.629. The molecule has 1 aromatic heterocycles. The van der Waals surface area contributed by atoms with E-state index in [9.17, 15) is 9.50 Å². The van der Waals surface area contributed by atoms with E-state index in [0.717, 1.165) is 12.1 Å². The molecular formula is C8H7FN4O. The Hall–Kier alpha value is -2.11. The number of phenolic OH excluding ortho intramolecular Hbond substituents is 1. The average molecular weight is 194 g/mol. The molecule has 0 radical (unpaired) electrons. The first kappa shape index (κ1) is 8.49. The second kappa shape index (κ2) is 2.99. The number of nitrogens with zero attached hydrogens (tertiary/aromatic N) is 2. The van der Waals surface area contributed by atoms with E-state index < -0.39 is 5.82 Å². The van der Waals surface area contributed by atoms with Gasteiger partial charge in [0.2, 0.25) is 5.95 Å². The maximum absolute atomic E-state index is 12.8. The third-order valence-corrected chi connectivity index (χ3v) is 1.72. The fraction of sp³-hybridized carbons (Fsp3) is 0. The van der Waals surface area contributed by atoms with Gasteiger partial charge in [0.25, 0.3) is 0 Å². The number of halogens is 1. The molecule has 72 valence electrons. The van der Waals surface area contributed by atoms with Gasteiger partial charge in [0.1, 0.15) is 11.6 Å². The Kier molecular flexibility index (Phi) is 1.81. The van der Waals surface area contributed by atoms with Gasteiger partial charge in [-0.2, -0.15) is 4.98 Å². The summed E-state index contributed by atoms with van der Waals surface area (Å²) in [6.07, 6.45) is 0. The van der Waals surface area contributed by atoms with Crippen LogP contribution >= 0.6 is 0 Å². The summed E-state index contributed by atoms with van der Waals surface area (Å²) in [5, 5.41) is 15.5. The van der Waals surface area contributed by atoms with Crippen molar-refractivity contribution in [2.75, 3.05) is 5.73 Å². The van der Waals surface area contributed by atoms with Crippen molar-refractivity contribution in [3.63, 3.8) is 0 Å². The van der Waals surface area contributed by atoms with Gasteiger partial charge in [0.05, 0.1) is 5.56 Å². The van der Waals surface area contributed by atoms with Crippen LogP contribution in [0, 0.1) is 5.82 Å². The highest BCUT2D eigenvalue weighted by atomic mass is 19.1.